The molecule has 1 heterocycles. The van der Waals surface area contributed by atoms with E-state index in [9.17, 15) is 0 Å². The molecule has 0 saturated carbocycles. The van der Waals surface area contributed by atoms with Crippen molar-refractivity contribution in [3.05, 3.63) is 17.2 Å². The molecule has 94 valence electrons. The lowest BCUT2D eigenvalue weighted by Gasteiger charge is -2.35. The summed E-state index contributed by atoms with van der Waals surface area (Å²) in [6.45, 7) is 3.97. The van der Waals surface area contributed by atoms with Crippen LogP contribution in [0.3, 0.4) is 0 Å². The first-order chi connectivity index (χ1) is 8.11. The smallest absolute Gasteiger partial charge is 0.145 e. The first-order valence-corrected chi connectivity index (χ1v) is 6.06. The fourth-order valence-corrected chi connectivity index (χ4v) is 2.42. The lowest BCUT2D eigenvalue weighted by atomic mass is 10.2. The Morgan fingerprint density at radius 3 is 2.47 bits per heavy atom. The fourth-order valence-electron chi connectivity index (χ4n) is 2.09. The normalized spacial score (nSPS) is 17.2. The second-order valence-electron chi connectivity index (χ2n) is 4.34. The van der Waals surface area contributed by atoms with Crippen LogP contribution < -0.4 is 15.4 Å². The Hall–Kier alpha value is -1.13. The minimum Gasteiger partial charge on any atom is -0.494 e. The molecule has 1 aromatic carbocycles. The number of anilines is 2. The quantitative estimate of drug-likeness (QED) is 0.817. The Morgan fingerprint density at radius 2 is 1.88 bits per heavy atom. The second kappa shape index (κ2) is 5.02. The summed E-state index contributed by atoms with van der Waals surface area (Å²) in [4.78, 5) is 4.55. The zero-order valence-electron chi connectivity index (χ0n) is 10.2. The van der Waals surface area contributed by atoms with E-state index >= 15 is 0 Å². The van der Waals surface area contributed by atoms with E-state index in [1.165, 1.54) is 0 Å². The highest BCUT2D eigenvalue weighted by Crippen LogP contribution is 2.38. The van der Waals surface area contributed by atoms with Gasteiger partial charge in [-0.15, -0.1) is 0 Å². The van der Waals surface area contributed by atoms with Crippen LogP contribution in [0, 0.1) is 0 Å². The number of nitrogen functional groups attached to an aromatic ring is 1. The lowest BCUT2D eigenvalue weighted by Crippen LogP contribution is -2.44. The van der Waals surface area contributed by atoms with Crippen molar-refractivity contribution >= 4 is 23.0 Å². The van der Waals surface area contributed by atoms with Gasteiger partial charge in [-0.05, 0) is 13.1 Å². The topological polar surface area (TPSA) is 41.7 Å². The maximum Gasteiger partial charge on any atom is 0.145 e. The van der Waals surface area contributed by atoms with Gasteiger partial charge in [-0.2, -0.15) is 0 Å². The Balaban J connectivity index is 2.31. The van der Waals surface area contributed by atoms with E-state index in [2.05, 4.69) is 16.8 Å². The number of ether oxygens (including phenoxy) is 1. The average molecular weight is 256 g/mol. The highest BCUT2D eigenvalue weighted by Gasteiger charge is 2.20. The van der Waals surface area contributed by atoms with Crippen molar-refractivity contribution in [3.63, 3.8) is 0 Å². The molecule has 17 heavy (non-hydrogen) atoms. The predicted molar refractivity (Wildman–Crippen MR) is 72.1 cm³/mol. The molecule has 1 fully saturated rings. The number of piperazine rings is 1. The summed E-state index contributed by atoms with van der Waals surface area (Å²) in [5.41, 5.74) is 7.35. The summed E-state index contributed by atoms with van der Waals surface area (Å²) in [5.74, 6) is 0.750. The van der Waals surface area contributed by atoms with Crippen LogP contribution >= 0.6 is 11.6 Å². The van der Waals surface area contributed by atoms with Gasteiger partial charge in [0.2, 0.25) is 0 Å². The van der Waals surface area contributed by atoms with Crippen molar-refractivity contribution in [2.45, 2.75) is 0 Å². The zero-order valence-corrected chi connectivity index (χ0v) is 11.0. The van der Waals surface area contributed by atoms with Crippen LogP contribution in [-0.4, -0.2) is 45.2 Å². The van der Waals surface area contributed by atoms with Crippen LogP contribution in [0.2, 0.25) is 5.02 Å². The summed E-state index contributed by atoms with van der Waals surface area (Å²) in [7, 11) is 3.77. The monoisotopic (exact) mass is 255 g/mol. The van der Waals surface area contributed by atoms with Crippen LogP contribution in [0.4, 0.5) is 11.4 Å². The van der Waals surface area contributed by atoms with Crippen molar-refractivity contribution < 1.29 is 4.74 Å². The standard InChI is InChI=1S/C12H18ClN3O/c1-15-3-5-16(6-4-15)12-10(13)7-9(14)8-11(12)17-2/h7-8H,3-6,14H2,1-2H3. The average Bonchev–Trinajstić information content (AvgIpc) is 2.30. The van der Waals surface area contributed by atoms with Gasteiger partial charge in [-0.3, -0.25) is 0 Å². The van der Waals surface area contributed by atoms with E-state index in [-0.39, 0.29) is 0 Å². The summed E-state index contributed by atoms with van der Waals surface area (Å²) in [6.07, 6.45) is 0. The number of likely N-dealkylation sites (N-methyl/N-ethyl adjacent to an activating group) is 1. The highest BCUT2D eigenvalue weighted by atomic mass is 35.5. The van der Waals surface area contributed by atoms with Crippen molar-refractivity contribution in [1.82, 2.24) is 4.90 Å². The van der Waals surface area contributed by atoms with E-state index in [1.54, 1.807) is 13.2 Å². The van der Waals surface area contributed by atoms with Crippen LogP contribution in [0.25, 0.3) is 0 Å². The molecule has 0 aromatic heterocycles. The van der Waals surface area contributed by atoms with E-state index in [1.807, 2.05) is 6.07 Å². The molecule has 0 bridgehead atoms. The van der Waals surface area contributed by atoms with Crippen molar-refractivity contribution in [3.8, 4) is 5.75 Å². The van der Waals surface area contributed by atoms with Crippen LogP contribution in [0.1, 0.15) is 0 Å². The molecular weight excluding hydrogens is 238 g/mol. The van der Waals surface area contributed by atoms with E-state index in [0.717, 1.165) is 37.6 Å². The summed E-state index contributed by atoms with van der Waals surface area (Å²) >= 11 is 6.27. The number of methoxy groups -OCH3 is 1. The first-order valence-electron chi connectivity index (χ1n) is 5.68. The molecule has 0 radical (unpaired) electrons. The van der Waals surface area contributed by atoms with Crippen LogP contribution in [0.5, 0.6) is 5.75 Å². The first kappa shape index (κ1) is 12.3. The molecule has 0 unspecified atom stereocenters. The van der Waals surface area contributed by atoms with Gasteiger partial charge in [0.15, 0.2) is 0 Å². The third-order valence-corrected chi connectivity index (χ3v) is 3.38. The molecule has 0 amide bonds. The summed E-state index contributed by atoms with van der Waals surface area (Å²) < 4.78 is 5.37. The summed E-state index contributed by atoms with van der Waals surface area (Å²) in [6, 6.07) is 3.59. The number of halogens is 1. The predicted octanol–water partition coefficient (Wildman–Crippen LogP) is 1.68. The fraction of sp³-hybridized carbons (Fsp3) is 0.500. The molecule has 1 aliphatic rings. The maximum absolute atomic E-state index is 6.27. The minimum absolute atomic E-state index is 0.629. The molecule has 0 aliphatic carbocycles. The van der Waals surface area contributed by atoms with Gasteiger partial charge in [0, 0.05) is 37.9 Å². The van der Waals surface area contributed by atoms with E-state index in [0.29, 0.717) is 10.7 Å². The molecule has 0 spiro atoms. The maximum atomic E-state index is 6.27. The highest BCUT2D eigenvalue weighted by molar-refractivity contribution is 6.34. The third kappa shape index (κ3) is 2.58. The molecule has 4 nitrogen and oxygen atoms in total. The number of hydrogen-bond donors (Lipinski definition) is 1. The van der Waals surface area contributed by atoms with Crippen LogP contribution in [0.15, 0.2) is 12.1 Å². The van der Waals surface area contributed by atoms with Gasteiger partial charge in [0.25, 0.3) is 0 Å². The Kier molecular flexibility index (Phi) is 3.64. The third-order valence-electron chi connectivity index (χ3n) is 3.09. The molecule has 1 saturated heterocycles. The Labute approximate surface area is 107 Å². The van der Waals surface area contributed by atoms with Gasteiger partial charge in [-0.1, -0.05) is 11.6 Å². The minimum atomic E-state index is 0.629. The molecule has 1 aliphatic heterocycles. The van der Waals surface area contributed by atoms with E-state index < -0.39 is 0 Å². The SMILES string of the molecule is COc1cc(N)cc(Cl)c1N1CCN(C)CC1. The Bertz CT molecular complexity index is 403. The lowest BCUT2D eigenvalue weighted by molar-refractivity contribution is 0.311. The molecular formula is C12H18ClN3O. The summed E-state index contributed by atoms with van der Waals surface area (Å²) in [5, 5.41) is 0.659. The van der Waals surface area contributed by atoms with Crippen molar-refractivity contribution in [2.75, 3.05) is 51.0 Å². The molecule has 2 rings (SSSR count). The van der Waals surface area contributed by atoms with Gasteiger partial charge < -0.3 is 20.3 Å². The number of benzene rings is 1. The van der Waals surface area contributed by atoms with Crippen molar-refractivity contribution in [2.24, 2.45) is 0 Å². The van der Waals surface area contributed by atoms with Gasteiger partial charge in [0.1, 0.15) is 5.75 Å². The van der Waals surface area contributed by atoms with E-state index in [4.69, 9.17) is 22.1 Å². The van der Waals surface area contributed by atoms with Gasteiger partial charge in [-0.25, -0.2) is 0 Å². The Morgan fingerprint density at radius 1 is 1.24 bits per heavy atom. The largest absolute Gasteiger partial charge is 0.494 e. The zero-order chi connectivity index (χ0) is 12.4. The number of hydrogen-bond acceptors (Lipinski definition) is 4. The molecule has 5 heteroatoms. The second-order valence-corrected chi connectivity index (χ2v) is 4.75. The number of nitrogens with two attached hydrogens (primary N) is 1. The molecule has 2 N–H and O–H groups in total. The number of nitrogens with zero attached hydrogens (tertiary/aromatic N) is 2. The van der Waals surface area contributed by atoms with Gasteiger partial charge in [0.05, 0.1) is 17.8 Å². The molecule has 0 atom stereocenters. The molecule has 1 aromatic rings. The van der Waals surface area contributed by atoms with Crippen molar-refractivity contribution in [1.29, 1.82) is 0 Å². The number of rotatable bonds is 2. The van der Waals surface area contributed by atoms with Crippen LogP contribution in [-0.2, 0) is 0 Å². The van der Waals surface area contributed by atoms with Gasteiger partial charge >= 0.3 is 0 Å².